The van der Waals surface area contributed by atoms with Gasteiger partial charge in [0.1, 0.15) is 0 Å². The molecule has 1 aromatic heterocycles. The highest BCUT2D eigenvalue weighted by molar-refractivity contribution is 7.99. The lowest BCUT2D eigenvalue weighted by atomic mass is 10.2. The molecule has 0 spiro atoms. The Kier molecular flexibility index (Phi) is 3.49. The second kappa shape index (κ2) is 5.27. The summed E-state index contributed by atoms with van der Waals surface area (Å²) in [4.78, 5) is 7.90. The van der Waals surface area contributed by atoms with Gasteiger partial charge < -0.3 is 4.98 Å². The number of hydrogen-bond acceptors (Lipinski definition) is 2. The van der Waals surface area contributed by atoms with Crippen LogP contribution in [0, 0.1) is 0 Å². The Morgan fingerprint density at radius 1 is 1.11 bits per heavy atom. The van der Waals surface area contributed by atoms with Crippen LogP contribution in [0.4, 0.5) is 0 Å². The lowest BCUT2D eigenvalue weighted by Gasteiger charge is -2.11. The zero-order chi connectivity index (χ0) is 13.2. The molecule has 1 N–H and O–H groups in total. The Hall–Kier alpha value is -1.45. The second-order valence-corrected chi connectivity index (χ2v) is 6.08. The van der Waals surface area contributed by atoms with E-state index in [4.69, 9.17) is 11.6 Å². The molecule has 4 heteroatoms. The summed E-state index contributed by atoms with van der Waals surface area (Å²) in [5.41, 5.74) is 3.20. The molecule has 0 radical (unpaired) electrons. The number of hydrogen-bond donors (Lipinski definition) is 1. The van der Waals surface area contributed by atoms with Crippen LogP contribution < -0.4 is 0 Å². The highest BCUT2D eigenvalue weighted by Gasteiger charge is 2.13. The van der Waals surface area contributed by atoms with Crippen molar-refractivity contribution in [2.75, 3.05) is 0 Å². The number of halogens is 1. The number of aromatic nitrogens is 2. The van der Waals surface area contributed by atoms with Gasteiger partial charge in [-0.3, -0.25) is 0 Å². The van der Waals surface area contributed by atoms with Gasteiger partial charge in [0.15, 0.2) is 5.16 Å². The summed E-state index contributed by atoms with van der Waals surface area (Å²) < 4.78 is 0. The molecule has 2 aromatic carbocycles. The highest BCUT2D eigenvalue weighted by atomic mass is 35.5. The zero-order valence-corrected chi connectivity index (χ0v) is 12.0. The molecule has 0 amide bonds. The number of rotatable bonds is 3. The van der Waals surface area contributed by atoms with Crippen LogP contribution in [0.2, 0.25) is 5.02 Å². The maximum absolute atomic E-state index is 6.22. The Balaban J connectivity index is 1.86. The Morgan fingerprint density at radius 2 is 1.84 bits per heavy atom. The van der Waals surface area contributed by atoms with E-state index in [1.807, 2.05) is 42.5 Å². The Labute approximate surface area is 121 Å². The lowest BCUT2D eigenvalue weighted by molar-refractivity contribution is 1.03. The van der Waals surface area contributed by atoms with Crippen molar-refractivity contribution >= 4 is 34.4 Å². The first-order chi connectivity index (χ1) is 9.24. The molecule has 96 valence electrons. The zero-order valence-electron chi connectivity index (χ0n) is 10.4. The normalized spacial score (nSPS) is 12.7. The number of H-pyrrole nitrogens is 1. The minimum Gasteiger partial charge on any atom is -0.333 e. The molecule has 0 saturated carbocycles. The van der Waals surface area contributed by atoms with E-state index in [1.54, 1.807) is 11.8 Å². The Bertz CT molecular complexity index is 675. The number of benzene rings is 2. The number of fused-ring (bicyclic) bond motifs is 1. The largest absolute Gasteiger partial charge is 0.333 e. The summed E-state index contributed by atoms with van der Waals surface area (Å²) in [6, 6.07) is 16.0. The predicted octanol–water partition coefficient (Wildman–Crippen LogP) is 5.07. The molecule has 2 nitrogen and oxygen atoms in total. The molecule has 0 aliphatic rings. The van der Waals surface area contributed by atoms with Crippen LogP contribution >= 0.6 is 23.4 Å². The van der Waals surface area contributed by atoms with E-state index >= 15 is 0 Å². The van der Waals surface area contributed by atoms with Crippen LogP contribution in [0.1, 0.15) is 17.7 Å². The van der Waals surface area contributed by atoms with Gasteiger partial charge in [-0.1, -0.05) is 53.7 Å². The molecule has 3 rings (SSSR count). The van der Waals surface area contributed by atoms with Crippen molar-refractivity contribution in [3.63, 3.8) is 0 Å². The number of imidazole rings is 1. The van der Waals surface area contributed by atoms with Crippen molar-refractivity contribution < 1.29 is 0 Å². The average molecular weight is 289 g/mol. The van der Waals surface area contributed by atoms with Crippen molar-refractivity contribution in [1.82, 2.24) is 9.97 Å². The van der Waals surface area contributed by atoms with Gasteiger partial charge in [-0.15, -0.1) is 0 Å². The van der Waals surface area contributed by atoms with Gasteiger partial charge in [-0.2, -0.15) is 0 Å². The van der Waals surface area contributed by atoms with Crippen LogP contribution in [0.3, 0.4) is 0 Å². The molecule has 0 unspecified atom stereocenters. The fourth-order valence-corrected chi connectivity index (χ4v) is 3.37. The summed E-state index contributed by atoms with van der Waals surface area (Å²) in [6.45, 7) is 2.14. The predicted molar refractivity (Wildman–Crippen MR) is 81.8 cm³/mol. The fourth-order valence-electron chi connectivity index (χ4n) is 2.02. The van der Waals surface area contributed by atoms with Gasteiger partial charge in [0, 0.05) is 10.3 Å². The molecule has 3 aromatic rings. The van der Waals surface area contributed by atoms with Gasteiger partial charge in [0.05, 0.1) is 11.0 Å². The van der Waals surface area contributed by atoms with Gasteiger partial charge >= 0.3 is 0 Å². The van der Waals surface area contributed by atoms with Crippen molar-refractivity contribution in [3.05, 3.63) is 59.1 Å². The number of para-hydroxylation sites is 2. The van der Waals surface area contributed by atoms with E-state index < -0.39 is 0 Å². The van der Waals surface area contributed by atoms with Crippen molar-refractivity contribution in [2.45, 2.75) is 17.3 Å². The van der Waals surface area contributed by atoms with E-state index in [-0.39, 0.29) is 5.25 Å². The lowest BCUT2D eigenvalue weighted by Crippen LogP contribution is -1.90. The third kappa shape index (κ3) is 2.62. The van der Waals surface area contributed by atoms with Crippen LogP contribution in [-0.4, -0.2) is 9.97 Å². The van der Waals surface area contributed by atoms with Crippen LogP contribution in [0.25, 0.3) is 11.0 Å². The van der Waals surface area contributed by atoms with Gasteiger partial charge in [0.25, 0.3) is 0 Å². The van der Waals surface area contributed by atoms with Gasteiger partial charge in [-0.05, 0) is 30.7 Å². The minimum absolute atomic E-state index is 0.259. The molecule has 19 heavy (non-hydrogen) atoms. The number of nitrogens with one attached hydrogen (secondary N) is 1. The SMILES string of the molecule is C[C@H](Sc1nc2ccccc2[nH]1)c1ccccc1Cl. The van der Waals surface area contributed by atoms with Crippen molar-refractivity contribution in [1.29, 1.82) is 0 Å². The quantitative estimate of drug-likeness (QED) is 0.682. The molecular weight excluding hydrogens is 276 g/mol. The third-order valence-electron chi connectivity index (χ3n) is 3.00. The van der Waals surface area contributed by atoms with E-state index in [0.717, 1.165) is 26.8 Å². The molecule has 0 aliphatic carbocycles. The maximum atomic E-state index is 6.22. The van der Waals surface area contributed by atoms with Crippen LogP contribution in [-0.2, 0) is 0 Å². The summed E-state index contributed by atoms with van der Waals surface area (Å²) in [6.07, 6.45) is 0. The Morgan fingerprint density at radius 3 is 2.63 bits per heavy atom. The first-order valence-corrected chi connectivity index (χ1v) is 7.35. The van der Waals surface area contributed by atoms with E-state index in [2.05, 4.69) is 23.0 Å². The first-order valence-electron chi connectivity index (χ1n) is 6.10. The molecule has 0 saturated heterocycles. The van der Waals surface area contributed by atoms with E-state index in [0.29, 0.717) is 0 Å². The molecule has 0 aliphatic heterocycles. The van der Waals surface area contributed by atoms with Gasteiger partial charge in [0.2, 0.25) is 0 Å². The molecule has 1 atom stereocenters. The topological polar surface area (TPSA) is 28.7 Å². The fraction of sp³-hybridized carbons (Fsp3) is 0.133. The smallest absolute Gasteiger partial charge is 0.166 e. The number of aromatic amines is 1. The van der Waals surface area contributed by atoms with Crippen LogP contribution in [0.15, 0.2) is 53.7 Å². The van der Waals surface area contributed by atoms with Crippen LogP contribution in [0.5, 0.6) is 0 Å². The standard InChI is InChI=1S/C15H13ClN2S/c1-10(11-6-2-3-7-12(11)16)19-15-17-13-8-4-5-9-14(13)18-15/h2-10H,1H3,(H,17,18)/t10-/m0/s1. The number of thioether (sulfide) groups is 1. The summed E-state index contributed by atoms with van der Waals surface area (Å²) in [5.74, 6) is 0. The summed E-state index contributed by atoms with van der Waals surface area (Å²) >= 11 is 7.91. The average Bonchev–Trinajstić information content (AvgIpc) is 2.81. The monoisotopic (exact) mass is 288 g/mol. The van der Waals surface area contributed by atoms with Crippen molar-refractivity contribution in [2.24, 2.45) is 0 Å². The highest BCUT2D eigenvalue weighted by Crippen LogP contribution is 2.37. The molecule has 0 fully saturated rings. The molecular formula is C15H13ClN2S. The first kappa shape index (κ1) is 12.6. The minimum atomic E-state index is 0.259. The maximum Gasteiger partial charge on any atom is 0.166 e. The van der Waals surface area contributed by atoms with E-state index in [1.165, 1.54) is 0 Å². The molecule has 0 bridgehead atoms. The third-order valence-corrected chi connectivity index (χ3v) is 4.37. The summed E-state index contributed by atoms with van der Waals surface area (Å²) in [7, 11) is 0. The van der Waals surface area contributed by atoms with E-state index in [9.17, 15) is 0 Å². The second-order valence-electron chi connectivity index (χ2n) is 4.34. The number of nitrogens with zero attached hydrogens (tertiary/aromatic N) is 1. The molecule has 1 heterocycles. The van der Waals surface area contributed by atoms with Crippen molar-refractivity contribution in [3.8, 4) is 0 Å². The summed E-state index contributed by atoms with van der Waals surface area (Å²) in [5, 5.41) is 1.99. The van der Waals surface area contributed by atoms with Gasteiger partial charge in [-0.25, -0.2) is 4.98 Å².